The lowest BCUT2D eigenvalue weighted by atomic mass is 10.1. The number of hydrogen-bond donors (Lipinski definition) is 2. The molecule has 1 aliphatic heterocycles. The summed E-state index contributed by atoms with van der Waals surface area (Å²) in [6, 6.07) is 12.7. The maximum absolute atomic E-state index is 13.6. The number of carbonyl (C=O) groups excluding carboxylic acids is 1. The van der Waals surface area contributed by atoms with Crippen molar-refractivity contribution < 1.29 is 9.18 Å². The van der Waals surface area contributed by atoms with Gasteiger partial charge in [0.15, 0.2) is 0 Å². The first kappa shape index (κ1) is 22.0. The number of imidazole rings is 1. The SMILES string of the molecule is Cc1ccc(F)cc1N1CCN(CCCCC(=O)Nc2ccc(-c3cnc[nH]3)cc2)CC1. The van der Waals surface area contributed by atoms with E-state index in [9.17, 15) is 9.18 Å². The monoisotopic (exact) mass is 435 g/mol. The number of amides is 1. The van der Waals surface area contributed by atoms with E-state index in [0.717, 1.165) is 73.8 Å². The number of carbonyl (C=O) groups is 1. The Balaban J connectivity index is 1.14. The van der Waals surface area contributed by atoms with Gasteiger partial charge in [-0.1, -0.05) is 18.2 Å². The summed E-state index contributed by atoms with van der Waals surface area (Å²) in [6.45, 7) is 6.75. The number of benzene rings is 2. The van der Waals surface area contributed by atoms with E-state index in [0.29, 0.717) is 6.42 Å². The van der Waals surface area contributed by atoms with Gasteiger partial charge in [-0.3, -0.25) is 9.69 Å². The molecule has 4 rings (SSSR count). The molecule has 0 spiro atoms. The van der Waals surface area contributed by atoms with Gasteiger partial charge in [0, 0.05) is 44.0 Å². The van der Waals surface area contributed by atoms with E-state index in [1.54, 1.807) is 18.6 Å². The third-order valence-corrected chi connectivity index (χ3v) is 5.99. The van der Waals surface area contributed by atoms with Crippen molar-refractivity contribution in [2.45, 2.75) is 26.2 Å². The molecule has 0 saturated carbocycles. The molecule has 1 saturated heterocycles. The first-order valence-corrected chi connectivity index (χ1v) is 11.2. The van der Waals surface area contributed by atoms with Crippen LogP contribution in [0.25, 0.3) is 11.3 Å². The number of aryl methyl sites for hydroxylation is 1. The van der Waals surface area contributed by atoms with Crippen LogP contribution in [-0.4, -0.2) is 53.5 Å². The van der Waals surface area contributed by atoms with Crippen LogP contribution in [0.5, 0.6) is 0 Å². The van der Waals surface area contributed by atoms with Crippen LogP contribution in [0.2, 0.25) is 0 Å². The average Bonchev–Trinajstić information content (AvgIpc) is 3.34. The number of aromatic amines is 1. The number of unbranched alkanes of at least 4 members (excludes halogenated alkanes) is 1. The molecule has 0 bridgehead atoms. The van der Waals surface area contributed by atoms with Crippen LogP contribution in [0.15, 0.2) is 55.0 Å². The van der Waals surface area contributed by atoms with Gasteiger partial charge >= 0.3 is 0 Å². The summed E-state index contributed by atoms with van der Waals surface area (Å²) >= 11 is 0. The first-order chi connectivity index (χ1) is 15.6. The minimum atomic E-state index is -0.180. The minimum absolute atomic E-state index is 0.0469. The van der Waals surface area contributed by atoms with Crippen LogP contribution < -0.4 is 10.2 Å². The van der Waals surface area contributed by atoms with Crippen molar-refractivity contribution in [2.24, 2.45) is 0 Å². The Hall–Kier alpha value is -3.19. The molecule has 6 nitrogen and oxygen atoms in total. The summed E-state index contributed by atoms with van der Waals surface area (Å²) in [5, 5.41) is 2.97. The molecule has 2 aromatic carbocycles. The van der Waals surface area contributed by atoms with Gasteiger partial charge in [-0.25, -0.2) is 9.37 Å². The Morgan fingerprint density at radius 2 is 1.88 bits per heavy atom. The van der Waals surface area contributed by atoms with Crippen molar-refractivity contribution in [1.82, 2.24) is 14.9 Å². The number of hydrogen-bond acceptors (Lipinski definition) is 4. The second kappa shape index (κ2) is 10.4. The first-order valence-electron chi connectivity index (χ1n) is 11.2. The molecule has 1 aromatic heterocycles. The molecular formula is C25H30FN5O. The molecule has 0 aliphatic carbocycles. The second-order valence-corrected chi connectivity index (χ2v) is 8.31. The van der Waals surface area contributed by atoms with E-state index in [1.807, 2.05) is 37.3 Å². The van der Waals surface area contributed by atoms with Crippen molar-refractivity contribution in [3.63, 3.8) is 0 Å². The molecule has 7 heteroatoms. The molecule has 2 heterocycles. The smallest absolute Gasteiger partial charge is 0.224 e. The Kier molecular flexibility index (Phi) is 7.17. The number of nitrogens with one attached hydrogen (secondary N) is 2. The fraction of sp³-hybridized carbons (Fsp3) is 0.360. The molecule has 3 aromatic rings. The Bertz CT molecular complexity index is 1010. The molecule has 2 N–H and O–H groups in total. The maximum atomic E-state index is 13.6. The largest absolute Gasteiger partial charge is 0.369 e. The molecule has 1 aliphatic rings. The number of aromatic nitrogens is 2. The van der Waals surface area contributed by atoms with Crippen LogP contribution in [0.4, 0.5) is 15.8 Å². The van der Waals surface area contributed by atoms with Gasteiger partial charge in [-0.15, -0.1) is 0 Å². The molecule has 32 heavy (non-hydrogen) atoms. The van der Waals surface area contributed by atoms with E-state index >= 15 is 0 Å². The predicted molar refractivity (Wildman–Crippen MR) is 126 cm³/mol. The minimum Gasteiger partial charge on any atom is -0.369 e. The van der Waals surface area contributed by atoms with Gasteiger partial charge in [0.1, 0.15) is 5.82 Å². The lowest BCUT2D eigenvalue weighted by Crippen LogP contribution is -2.46. The van der Waals surface area contributed by atoms with Gasteiger partial charge in [0.25, 0.3) is 0 Å². The Morgan fingerprint density at radius 3 is 2.59 bits per heavy atom. The number of halogens is 1. The van der Waals surface area contributed by atoms with Crippen LogP contribution >= 0.6 is 0 Å². The third kappa shape index (κ3) is 5.73. The van der Waals surface area contributed by atoms with E-state index in [2.05, 4.69) is 25.1 Å². The molecule has 0 radical (unpaired) electrons. The summed E-state index contributed by atoms with van der Waals surface area (Å²) in [5.41, 5.74) is 4.91. The number of rotatable bonds is 8. The lowest BCUT2D eigenvalue weighted by Gasteiger charge is -2.36. The predicted octanol–water partition coefficient (Wildman–Crippen LogP) is 4.46. The fourth-order valence-electron chi connectivity index (χ4n) is 4.13. The van der Waals surface area contributed by atoms with Crippen molar-refractivity contribution in [2.75, 3.05) is 42.9 Å². The Labute approximate surface area is 188 Å². The van der Waals surface area contributed by atoms with E-state index in [1.165, 1.54) is 6.07 Å². The molecular weight excluding hydrogens is 405 g/mol. The number of anilines is 2. The zero-order chi connectivity index (χ0) is 22.3. The highest BCUT2D eigenvalue weighted by molar-refractivity contribution is 5.90. The van der Waals surface area contributed by atoms with E-state index in [-0.39, 0.29) is 11.7 Å². The van der Waals surface area contributed by atoms with Crippen LogP contribution in [0.3, 0.4) is 0 Å². The van der Waals surface area contributed by atoms with Crippen molar-refractivity contribution >= 4 is 17.3 Å². The summed E-state index contributed by atoms with van der Waals surface area (Å²) < 4.78 is 13.6. The summed E-state index contributed by atoms with van der Waals surface area (Å²) in [6.07, 6.45) is 5.80. The standard InChI is InChI=1S/C25H30FN5O/c1-19-5-8-21(26)16-24(19)31-14-12-30(13-15-31)11-3-2-4-25(32)29-22-9-6-20(7-10-22)23-17-27-18-28-23/h5-10,16-18H,2-4,11-15H2,1H3,(H,27,28)(H,29,32). The molecule has 1 fully saturated rings. The highest BCUT2D eigenvalue weighted by Gasteiger charge is 2.18. The molecule has 0 unspecified atom stereocenters. The molecule has 1 amide bonds. The number of H-pyrrole nitrogens is 1. The normalized spacial score (nSPS) is 14.5. The maximum Gasteiger partial charge on any atom is 0.224 e. The zero-order valence-electron chi connectivity index (χ0n) is 18.5. The van der Waals surface area contributed by atoms with E-state index < -0.39 is 0 Å². The summed E-state index contributed by atoms with van der Waals surface area (Å²) in [4.78, 5) is 24.0. The van der Waals surface area contributed by atoms with Gasteiger partial charge in [0.05, 0.1) is 18.2 Å². The third-order valence-electron chi connectivity index (χ3n) is 5.99. The van der Waals surface area contributed by atoms with Crippen molar-refractivity contribution in [3.05, 3.63) is 66.4 Å². The quantitative estimate of drug-likeness (QED) is 0.513. The number of piperazine rings is 1. The topological polar surface area (TPSA) is 64.3 Å². The highest BCUT2D eigenvalue weighted by atomic mass is 19.1. The van der Waals surface area contributed by atoms with Crippen LogP contribution in [-0.2, 0) is 4.79 Å². The van der Waals surface area contributed by atoms with Gasteiger partial charge in [0.2, 0.25) is 5.91 Å². The summed E-state index contributed by atoms with van der Waals surface area (Å²) in [7, 11) is 0. The van der Waals surface area contributed by atoms with Gasteiger partial charge in [-0.2, -0.15) is 0 Å². The van der Waals surface area contributed by atoms with Gasteiger partial charge in [-0.05, 0) is 61.7 Å². The van der Waals surface area contributed by atoms with Gasteiger partial charge < -0.3 is 15.2 Å². The van der Waals surface area contributed by atoms with E-state index in [4.69, 9.17) is 0 Å². The average molecular weight is 436 g/mol. The lowest BCUT2D eigenvalue weighted by molar-refractivity contribution is -0.116. The second-order valence-electron chi connectivity index (χ2n) is 8.31. The highest BCUT2D eigenvalue weighted by Crippen LogP contribution is 2.23. The molecule has 168 valence electrons. The Morgan fingerprint density at radius 1 is 1.09 bits per heavy atom. The van der Waals surface area contributed by atoms with Crippen LogP contribution in [0.1, 0.15) is 24.8 Å². The van der Waals surface area contributed by atoms with Crippen LogP contribution in [0, 0.1) is 12.7 Å². The fourth-order valence-corrected chi connectivity index (χ4v) is 4.13. The summed E-state index contributed by atoms with van der Waals surface area (Å²) in [5.74, 6) is -0.134. The zero-order valence-corrected chi connectivity index (χ0v) is 18.5. The number of nitrogens with zero attached hydrogens (tertiary/aromatic N) is 3. The molecule has 0 atom stereocenters. The van der Waals surface area contributed by atoms with Crippen molar-refractivity contribution in [1.29, 1.82) is 0 Å². The van der Waals surface area contributed by atoms with Crippen molar-refractivity contribution in [3.8, 4) is 11.3 Å².